The number of rotatable bonds is 3. The topological polar surface area (TPSA) is 52.3 Å². The standard InChI is InChI=1S/C11H12F3NO2/c1-2-17-10(16)8-6-4-3-5-7(8)9(15)11(12,13)14/h3-6,9H,2,15H2,1H3/t9-/m1/s1. The number of carbonyl (C=O) groups excluding carboxylic acids is 1. The van der Waals surface area contributed by atoms with E-state index in [1.807, 2.05) is 0 Å². The van der Waals surface area contributed by atoms with Crippen molar-refractivity contribution in [2.75, 3.05) is 6.61 Å². The molecule has 0 aliphatic heterocycles. The molecule has 1 aromatic carbocycles. The van der Waals surface area contributed by atoms with Gasteiger partial charge in [-0.15, -0.1) is 0 Å². The molecule has 2 N–H and O–H groups in total. The van der Waals surface area contributed by atoms with Gasteiger partial charge in [-0.25, -0.2) is 4.79 Å². The molecular formula is C11H12F3NO2. The Bertz CT molecular complexity index is 404. The van der Waals surface area contributed by atoms with Crippen LogP contribution in [0.2, 0.25) is 0 Å². The van der Waals surface area contributed by atoms with E-state index in [4.69, 9.17) is 5.73 Å². The second-order valence-corrected chi connectivity index (χ2v) is 3.33. The first-order valence-electron chi connectivity index (χ1n) is 4.96. The number of carbonyl (C=O) groups is 1. The molecule has 0 bridgehead atoms. The third kappa shape index (κ3) is 3.20. The van der Waals surface area contributed by atoms with Crippen molar-refractivity contribution in [3.8, 4) is 0 Å². The van der Waals surface area contributed by atoms with Crippen LogP contribution < -0.4 is 5.73 Å². The molecule has 0 spiro atoms. The lowest BCUT2D eigenvalue weighted by Gasteiger charge is -2.18. The Morgan fingerprint density at radius 3 is 2.53 bits per heavy atom. The second-order valence-electron chi connectivity index (χ2n) is 3.33. The normalized spacial score (nSPS) is 13.2. The molecular weight excluding hydrogens is 235 g/mol. The molecule has 0 saturated carbocycles. The fourth-order valence-corrected chi connectivity index (χ4v) is 1.34. The van der Waals surface area contributed by atoms with Gasteiger partial charge in [0.05, 0.1) is 12.2 Å². The maximum absolute atomic E-state index is 12.5. The van der Waals surface area contributed by atoms with E-state index in [0.29, 0.717) is 0 Å². The molecule has 94 valence electrons. The smallest absolute Gasteiger partial charge is 0.407 e. The van der Waals surface area contributed by atoms with Crippen molar-refractivity contribution in [3.05, 3.63) is 35.4 Å². The highest BCUT2D eigenvalue weighted by Crippen LogP contribution is 2.32. The Morgan fingerprint density at radius 1 is 1.41 bits per heavy atom. The van der Waals surface area contributed by atoms with Gasteiger partial charge in [-0.2, -0.15) is 13.2 Å². The molecule has 0 unspecified atom stereocenters. The van der Waals surface area contributed by atoms with Gasteiger partial charge in [0.2, 0.25) is 0 Å². The Balaban J connectivity index is 3.12. The molecule has 1 aromatic rings. The van der Waals surface area contributed by atoms with Gasteiger partial charge in [0.1, 0.15) is 6.04 Å². The van der Waals surface area contributed by atoms with Crippen molar-refractivity contribution in [3.63, 3.8) is 0 Å². The number of nitrogens with two attached hydrogens (primary N) is 1. The molecule has 0 heterocycles. The molecule has 0 fully saturated rings. The monoisotopic (exact) mass is 247 g/mol. The number of ether oxygens (including phenoxy) is 1. The zero-order chi connectivity index (χ0) is 13.1. The summed E-state index contributed by atoms with van der Waals surface area (Å²) in [7, 11) is 0. The van der Waals surface area contributed by atoms with Gasteiger partial charge in [-0.05, 0) is 18.6 Å². The first-order chi connectivity index (χ1) is 7.88. The fourth-order valence-electron chi connectivity index (χ4n) is 1.34. The summed E-state index contributed by atoms with van der Waals surface area (Å²) >= 11 is 0. The van der Waals surface area contributed by atoms with Crippen LogP contribution in [0.3, 0.4) is 0 Å². The highest BCUT2D eigenvalue weighted by molar-refractivity contribution is 5.91. The minimum atomic E-state index is -4.59. The van der Waals surface area contributed by atoms with E-state index >= 15 is 0 Å². The van der Waals surface area contributed by atoms with Gasteiger partial charge >= 0.3 is 12.1 Å². The van der Waals surface area contributed by atoms with E-state index < -0.39 is 18.2 Å². The molecule has 0 amide bonds. The molecule has 3 nitrogen and oxygen atoms in total. The fraction of sp³-hybridized carbons (Fsp3) is 0.364. The van der Waals surface area contributed by atoms with Crippen LogP contribution in [0.4, 0.5) is 13.2 Å². The first-order valence-corrected chi connectivity index (χ1v) is 4.96. The van der Waals surface area contributed by atoms with Crippen LogP contribution in [0.25, 0.3) is 0 Å². The van der Waals surface area contributed by atoms with Crippen molar-refractivity contribution >= 4 is 5.97 Å². The highest BCUT2D eigenvalue weighted by Gasteiger charge is 2.39. The van der Waals surface area contributed by atoms with E-state index in [-0.39, 0.29) is 17.7 Å². The van der Waals surface area contributed by atoms with E-state index in [2.05, 4.69) is 4.74 Å². The summed E-state index contributed by atoms with van der Waals surface area (Å²) in [5.74, 6) is -0.803. The van der Waals surface area contributed by atoms with E-state index in [1.165, 1.54) is 24.3 Å². The predicted octanol–water partition coefficient (Wildman–Crippen LogP) is 2.43. The number of alkyl halides is 3. The molecule has 0 aliphatic rings. The minimum Gasteiger partial charge on any atom is -0.462 e. The SMILES string of the molecule is CCOC(=O)c1ccccc1[C@@H](N)C(F)(F)F. The average molecular weight is 247 g/mol. The maximum Gasteiger partial charge on any atom is 0.407 e. The van der Waals surface area contributed by atoms with Crippen molar-refractivity contribution in [1.82, 2.24) is 0 Å². The Labute approximate surface area is 96.4 Å². The molecule has 0 aliphatic carbocycles. The zero-order valence-corrected chi connectivity index (χ0v) is 9.12. The maximum atomic E-state index is 12.5. The van der Waals surface area contributed by atoms with Crippen LogP contribution in [0.1, 0.15) is 28.9 Å². The van der Waals surface area contributed by atoms with Gasteiger partial charge in [0.15, 0.2) is 0 Å². The van der Waals surface area contributed by atoms with Crippen molar-refractivity contribution in [2.45, 2.75) is 19.1 Å². The highest BCUT2D eigenvalue weighted by atomic mass is 19.4. The third-order valence-electron chi connectivity index (χ3n) is 2.14. The minimum absolute atomic E-state index is 0.0917. The lowest BCUT2D eigenvalue weighted by atomic mass is 10.0. The van der Waals surface area contributed by atoms with Crippen molar-refractivity contribution in [1.29, 1.82) is 0 Å². The van der Waals surface area contributed by atoms with Crippen LogP contribution in [0, 0.1) is 0 Å². The van der Waals surface area contributed by atoms with Crippen LogP contribution in [-0.2, 0) is 4.74 Å². The molecule has 1 atom stereocenters. The molecule has 0 radical (unpaired) electrons. The van der Waals surface area contributed by atoms with Gasteiger partial charge in [-0.1, -0.05) is 18.2 Å². The van der Waals surface area contributed by atoms with Crippen LogP contribution in [0.5, 0.6) is 0 Å². The zero-order valence-electron chi connectivity index (χ0n) is 9.12. The number of hydrogen-bond donors (Lipinski definition) is 1. The number of hydrogen-bond acceptors (Lipinski definition) is 3. The molecule has 0 saturated heterocycles. The van der Waals surface area contributed by atoms with Crippen molar-refractivity contribution < 1.29 is 22.7 Å². The van der Waals surface area contributed by atoms with Gasteiger partial charge in [0, 0.05) is 0 Å². The lowest BCUT2D eigenvalue weighted by Crippen LogP contribution is -2.30. The Kier molecular flexibility index (Phi) is 4.11. The summed E-state index contributed by atoms with van der Waals surface area (Å²) in [6.07, 6.45) is -4.59. The number of halogens is 3. The Hall–Kier alpha value is -1.56. The third-order valence-corrected chi connectivity index (χ3v) is 2.14. The number of esters is 1. The summed E-state index contributed by atoms with van der Waals surface area (Å²) in [5.41, 5.74) is 4.64. The van der Waals surface area contributed by atoms with E-state index in [1.54, 1.807) is 6.92 Å². The molecule has 6 heteroatoms. The van der Waals surface area contributed by atoms with Gasteiger partial charge in [-0.3, -0.25) is 0 Å². The second kappa shape index (κ2) is 5.18. The van der Waals surface area contributed by atoms with E-state index in [9.17, 15) is 18.0 Å². The summed E-state index contributed by atoms with van der Waals surface area (Å²) in [6, 6.07) is 3.09. The summed E-state index contributed by atoms with van der Waals surface area (Å²) in [4.78, 5) is 11.5. The molecule has 17 heavy (non-hydrogen) atoms. The largest absolute Gasteiger partial charge is 0.462 e. The summed E-state index contributed by atoms with van der Waals surface area (Å²) in [6.45, 7) is 1.67. The Morgan fingerprint density at radius 2 is 2.00 bits per heavy atom. The van der Waals surface area contributed by atoms with Crippen LogP contribution >= 0.6 is 0 Å². The average Bonchev–Trinajstić information content (AvgIpc) is 2.27. The van der Waals surface area contributed by atoms with E-state index in [0.717, 1.165) is 0 Å². The first kappa shape index (κ1) is 13.5. The lowest BCUT2D eigenvalue weighted by molar-refractivity contribution is -0.149. The summed E-state index contributed by atoms with van der Waals surface area (Å²) < 4.78 is 42.1. The summed E-state index contributed by atoms with van der Waals surface area (Å²) in [5, 5.41) is 0. The predicted molar refractivity (Wildman–Crippen MR) is 55.4 cm³/mol. The van der Waals surface area contributed by atoms with Crippen LogP contribution in [0.15, 0.2) is 24.3 Å². The molecule has 1 rings (SSSR count). The van der Waals surface area contributed by atoms with Crippen LogP contribution in [-0.4, -0.2) is 18.8 Å². The quantitative estimate of drug-likeness (QED) is 0.834. The number of benzene rings is 1. The molecule has 0 aromatic heterocycles. The van der Waals surface area contributed by atoms with Gasteiger partial charge < -0.3 is 10.5 Å². The van der Waals surface area contributed by atoms with Gasteiger partial charge in [0.25, 0.3) is 0 Å². The van der Waals surface area contributed by atoms with Crippen molar-refractivity contribution in [2.24, 2.45) is 5.73 Å².